The molecule has 2 rings (SSSR count). The van der Waals surface area contributed by atoms with Gasteiger partial charge in [-0.2, -0.15) is 0 Å². The Balaban J connectivity index is 2.45. The monoisotopic (exact) mass is 162 g/mol. The van der Waals surface area contributed by atoms with Crippen molar-refractivity contribution in [2.45, 2.75) is 0 Å². The molecule has 60 valence electrons. The molecule has 0 unspecified atom stereocenters. The summed E-state index contributed by atoms with van der Waals surface area (Å²) in [5.74, 6) is 0.415. The number of hydrogen-bond donors (Lipinski definition) is 1. The number of nitrogens with zero attached hydrogens (tertiary/aromatic N) is 4. The third-order valence-corrected chi connectivity index (χ3v) is 1.44. The van der Waals surface area contributed by atoms with E-state index in [1.54, 1.807) is 0 Å². The predicted molar refractivity (Wildman–Crippen MR) is 40.4 cm³/mol. The molecule has 12 heavy (non-hydrogen) atoms. The second-order valence-electron chi connectivity index (χ2n) is 2.25. The van der Waals surface area contributed by atoms with Crippen molar-refractivity contribution in [2.24, 2.45) is 0 Å². The zero-order valence-electron chi connectivity index (χ0n) is 6.12. The van der Waals surface area contributed by atoms with Crippen molar-refractivity contribution < 1.29 is 5.21 Å². The first-order valence-corrected chi connectivity index (χ1v) is 3.41. The maximum atomic E-state index is 8.75. The Kier molecular flexibility index (Phi) is 1.48. The summed E-state index contributed by atoms with van der Waals surface area (Å²) in [6.07, 6.45) is 0. The van der Waals surface area contributed by atoms with Gasteiger partial charge >= 0.3 is 0 Å². The number of benzene rings is 1. The zero-order valence-corrected chi connectivity index (χ0v) is 6.12. The Morgan fingerprint density at radius 2 is 1.92 bits per heavy atom. The third-order valence-electron chi connectivity index (χ3n) is 1.44. The molecule has 0 amide bonds. The van der Waals surface area contributed by atoms with Gasteiger partial charge in [0.25, 0.3) is 0 Å². The first kappa shape index (κ1) is 6.78. The Bertz CT molecular complexity index is 370. The van der Waals surface area contributed by atoms with E-state index in [2.05, 4.69) is 15.4 Å². The number of rotatable bonds is 1. The van der Waals surface area contributed by atoms with Crippen LogP contribution in [0.3, 0.4) is 0 Å². The number of aromatic nitrogens is 4. The highest BCUT2D eigenvalue weighted by atomic mass is 16.5. The van der Waals surface area contributed by atoms with Crippen LogP contribution in [-0.4, -0.2) is 25.6 Å². The molecule has 1 heterocycles. The van der Waals surface area contributed by atoms with Crippen molar-refractivity contribution >= 4 is 0 Å². The Labute approximate surface area is 68.2 Å². The number of hydrogen-bond acceptors (Lipinski definition) is 4. The van der Waals surface area contributed by atoms with Crippen molar-refractivity contribution in [2.75, 3.05) is 0 Å². The molecule has 0 saturated heterocycles. The van der Waals surface area contributed by atoms with Gasteiger partial charge in [0, 0.05) is 10.5 Å². The normalized spacial score (nSPS) is 10.0. The maximum Gasteiger partial charge on any atom is 0.208 e. The lowest BCUT2D eigenvalue weighted by Crippen LogP contribution is -1.93. The summed E-state index contributed by atoms with van der Waals surface area (Å²) in [7, 11) is 0. The smallest absolute Gasteiger partial charge is 0.208 e. The van der Waals surface area contributed by atoms with Crippen molar-refractivity contribution in [1.29, 1.82) is 0 Å². The largest absolute Gasteiger partial charge is 0.395 e. The minimum Gasteiger partial charge on any atom is -0.395 e. The SMILES string of the molecule is On1nnc(-c2ccccc2)n1. The van der Waals surface area contributed by atoms with Crippen LogP contribution in [-0.2, 0) is 0 Å². The van der Waals surface area contributed by atoms with Gasteiger partial charge in [0.1, 0.15) is 0 Å². The van der Waals surface area contributed by atoms with Crippen LogP contribution in [0.25, 0.3) is 11.4 Å². The highest BCUT2D eigenvalue weighted by Gasteiger charge is 2.02. The first-order chi connectivity index (χ1) is 5.86. The van der Waals surface area contributed by atoms with E-state index in [1.807, 2.05) is 30.3 Å². The molecular weight excluding hydrogens is 156 g/mol. The average molecular weight is 162 g/mol. The first-order valence-electron chi connectivity index (χ1n) is 3.41. The van der Waals surface area contributed by atoms with E-state index >= 15 is 0 Å². The van der Waals surface area contributed by atoms with E-state index in [0.29, 0.717) is 10.8 Å². The molecular formula is C7H6N4O. The fourth-order valence-electron chi connectivity index (χ4n) is 0.910. The van der Waals surface area contributed by atoms with Gasteiger partial charge in [-0.15, -0.1) is 5.10 Å². The molecule has 0 aliphatic carbocycles. The summed E-state index contributed by atoms with van der Waals surface area (Å²) in [6, 6.07) is 9.32. The molecule has 0 atom stereocenters. The Morgan fingerprint density at radius 3 is 2.50 bits per heavy atom. The minimum atomic E-state index is 0.415. The lowest BCUT2D eigenvalue weighted by Gasteiger charge is -1.89. The summed E-state index contributed by atoms with van der Waals surface area (Å²) in [5, 5.41) is 19.3. The predicted octanol–water partition coefficient (Wildman–Crippen LogP) is 0.577. The maximum absolute atomic E-state index is 8.75. The molecule has 0 radical (unpaired) electrons. The van der Waals surface area contributed by atoms with E-state index < -0.39 is 0 Å². The molecule has 1 aromatic heterocycles. The standard InChI is InChI=1S/C7H6N4O/c12-11-9-7(8-10-11)6-4-2-1-3-5-6/h1-5,12H. The van der Waals surface area contributed by atoms with Crippen LogP contribution in [0.1, 0.15) is 0 Å². The average Bonchev–Trinajstić information content (AvgIpc) is 2.54. The molecule has 0 bridgehead atoms. The van der Waals surface area contributed by atoms with Crippen LogP contribution >= 0.6 is 0 Å². The molecule has 0 fully saturated rings. The molecule has 0 aliphatic rings. The summed E-state index contributed by atoms with van der Waals surface area (Å²) in [6.45, 7) is 0. The fraction of sp³-hybridized carbons (Fsp3) is 0. The van der Waals surface area contributed by atoms with Gasteiger partial charge in [-0.05, 0) is 5.21 Å². The second kappa shape index (κ2) is 2.61. The van der Waals surface area contributed by atoms with Crippen LogP contribution < -0.4 is 0 Å². The lowest BCUT2D eigenvalue weighted by atomic mass is 10.2. The van der Waals surface area contributed by atoms with Gasteiger partial charge in [0.2, 0.25) is 5.82 Å². The lowest BCUT2D eigenvalue weighted by molar-refractivity contribution is 0.107. The van der Waals surface area contributed by atoms with Crippen molar-refractivity contribution in [1.82, 2.24) is 20.4 Å². The van der Waals surface area contributed by atoms with Crippen LogP contribution in [0.5, 0.6) is 0 Å². The Morgan fingerprint density at radius 1 is 1.17 bits per heavy atom. The third kappa shape index (κ3) is 1.12. The van der Waals surface area contributed by atoms with Gasteiger partial charge in [-0.25, -0.2) is 0 Å². The van der Waals surface area contributed by atoms with Gasteiger partial charge < -0.3 is 5.21 Å². The van der Waals surface area contributed by atoms with Crippen LogP contribution in [0, 0.1) is 0 Å². The minimum absolute atomic E-state index is 0.415. The van der Waals surface area contributed by atoms with Crippen LogP contribution in [0.2, 0.25) is 0 Å². The van der Waals surface area contributed by atoms with Gasteiger partial charge in [-0.1, -0.05) is 35.4 Å². The fourth-order valence-corrected chi connectivity index (χ4v) is 0.910. The quantitative estimate of drug-likeness (QED) is 0.623. The molecule has 0 saturated carbocycles. The van der Waals surface area contributed by atoms with Gasteiger partial charge in [-0.3, -0.25) is 0 Å². The molecule has 0 spiro atoms. The molecule has 1 N–H and O–H groups in total. The summed E-state index contributed by atoms with van der Waals surface area (Å²) in [5.41, 5.74) is 0.831. The van der Waals surface area contributed by atoms with Gasteiger partial charge in [0.05, 0.1) is 0 Å². The zero-order chi connectivity index (χ0) is 8.39. The molecule has 2 aromatic rings. The Hall–Kier alpha value is -1.91. The van der Waals surface area contributed by atoms with E-state index in [-0.39, 0.29) is 0 Å². The van der Waals surface area contributed by atoms with E-state index in [0.717, 1.165) is 5.56 Å². The molecule has 1 aromatic carbocycles. The number of tetrazole rings is 1. The second-order valence-corrected chi connectivity index (χ2v) is 2.25. The summed E-state index contributed by atoms with van der Waals surface area (Å²) in [4.78, 5) is 0.447. The van der Waals surface area contributed by atoms with Crippen LogP contribution in [0.15, 0.2) is 30.3 Å². The highest BCUT2D eigenvalue weighted by Crippen LogP contribution is 2.10. The van der Waals surface area contributed by atoms with Crippen molar-refractivity contribution in [3.8, 4) is 11.4 Å². The van der Waals surface area contributed by atoms with Crippen LogP contribution in [0.4, 0.5) is 0 Å². The summed E-state index contributed by atoms with van der Waals surface area (Å²) < 4.78 is 0. The molecule has 5 nitrogen and oxygen atoms in total. The highest BCUT2D eigenvalue weighted by molar-refractivity contribution is 5.52. The van der Waals surface area contributed by atoms with Crippen molar-refractivity contribution in [3.05, 3.63) is 30.3 Å². The van der Waals surface area contributed by atoms with Gasteiger partial charge in [0.15, 0.2) is 0 Å². The van der Waals surface area contributed by atoms with E-state index in [4.69, 9.17) is 5.21 Å². The van der Waals surface area contributed by atoms with Crippen molar-refractivity contribution in [3.63, 3.8) is 0 Å². The van der Waals surface area contributed by atoms with E-state index in [1.165, 1.54) is 0 Å². The molecule has 0 aliphatic heterocycles. The topological polar surface area (TPSA) is 63.8 Å². The van der Waals surface area contributed by atoms with E-state index in [9.17, 15) is 0 Å². The molecule has 5 heteroatoms. The summed E-state index contributed by atoms with van der Waals surface area (Å²) >= 11 is 0.